The molecule has 1 amide bonds. The number of carboxylic acid groups (broad SMARTS) is 1. The van der Waals surface area contributed by atoms with Crippen molar-refractivity contribution in [2.75, 3.05) is 20.8 Å². The first kappa shape index (κ1) is 14.8. The highest BCUT2D eigenvalue weighted by Crippen LogP contribution is 2.30. The number of nitrogens with one attached hydrogen (secondary N) is 1. The van der Waals surface area contributed by atoms with Gasteiger partial charge in [-0.05, 0) is 36.6 Å². The smallest absolute Gasteiger partial charge is 0.394 e. The van der Waals surface area contributed by atoms with Crippen molar-refractivity contribution in [3.63, 3.8) is 0 Å². The van der Waals surface area contributed by atoms with E-state index in [9.17, 15) is 9.59 Å². The summed E-state index contributed by atoms with van der Waals surface area (Å²) in [4.78, 5) is 21.2. The summed E-state index contributed by atoms with van der Waals surface area (Å²) in [5.41, 5.74) is 1.95. The van der Waals surface area contributed by atoms with E-state index in [2.05, 4.69) is 5.32 Å². The minimum atomic E-state index is -1.48. The molecule has 0 spiro atoms. The van der Waals surface area contributed by atoms with E-state index in [0.29, 0.717) is 17.9 Å². The van der Waals surface area contributed by atoms with Gasteiger partial charge in [-0.3, -0.25) is 4.79 Å². The maximum atomic E-state index is 10.9. The number of carboxylic acids is 1. The first-order chi connectivity index (χ1) is 8.99. The van der Waals surface area contributed by atoms with Gasteiger partial charge < -0.3 is 19.9 Å². The topological polar surface area (TPSA) is 84.9 Å². The van der Waals surface area contributed by atoms with Crippen LogP contribution in [0.5, 0.6) is 11.5 Å². The summed E-state index contributed by atoms with van der Waals surface area (Å²) in [5.74, 6) is -1.24. The van der Waals surface area contributed by atoms with Crippen molar-refractivity contribution >= 4 is 11.9 Å². The largest absolute Gasteiger partial charge is 0.493 e. The molecule has 0 aliphatic rings. The Bertz CT molecular complexity index is 484. The molecule has 6 nitrogen and oxygen atoms in total. The van der Waals surface area contributed by atoms with Crippen molar-refractivity contribution < 1.29 is 24.2 Å². The third-order valence-corrected chi connectivity index (χ3v) is 2.72. The van der Waals surface area contributed by atoms with Crippen molar-refractivity contribution in [3.8, 4) is 11.5 Å². The second kappa shape index (κ2) is 6.63. The second-order valence-electron chi connectivity index (χ2n) is 3.94. The van der Waals surface area contributed by atoms with Crippen molar-refractivity contribution in [3.05, 3.63) is 23.3 Å². The number of ether oxygens (including phenoxy) is 2. The molecule has 0 saturated heterocycles. The van der Waals surface area contributed by atoms with Gasteiger partial charge in [0.2, 0.25) is 0 Å². The van der Waals surface area contributed by atoms with Gasteiger partial charge in [0.05, 0.1) is 14.2 Å². The van der Waals surface area contributed by atoms with Crippen molar-refractivity contribution in [2.45, 2.75) is 13.3 Å². The third-order valence-electron chi connectivity index (χ3n) is 2.72. The molecule has 0 aliphatic carbocycles. The number of carbonyl (C=O) groups excluding carboxylic acids is 1. The van der Waals surface area contributed by atoms with E-state index < -0.39 is 11.9 Å². The Morgan fingerprint density at radius 2 is 1.79 bits per heavy atom. The molecule has 0 unspecified atom stereocenters. The summed E-state index contributed by atoms with van der Waals surface area (Å²) in [6, 6.07) is 3.66. The third kappa shape index (κ3) is 3.87. The zero-order valence-corrected chi connectivity index (χ0v) is 11.1. The number of hydrogen-bond acceptors (Lipinski definition) is 4. The highest BCUT2D eigenvalue weighted by atomic mass is 16.5. The van der Waals surface area contributed by atoms with Crippen LogP contribution in [0.15, 0.2) is 12.1 Å². The van der Waals surface area contributed by atoms with E-state index in [1.54, 1.807) is 14.2 Å². The Morgan fingerprint density at radius 1 is 1.21 bits per heavy atom. The van der Waals surface area contributed by atoms with Gasteiger partial charge in [-0.25, -0.2) is 4.79 Å². The fraction of sp³-hybridized carbons (Fsp3) is 0.385. The molecule has 0 saturated carbocycles. The Labute approximate surface area is 111 Å². The lowest BCUT2D eigenvalue weighted by atomic mass is 10.0. The van der Waals surface area contributed by atoms with E-state index in [0.717, 1.165) is 11.1 Å². The van der Waals surface area contributed by atoms with Gasteiger partial charge in [0.25, 0.3) is 0 Å². The normalized spacial score (nSPS) is 9.84. The molecule has 1 aromatic carbocycles. The number of aliphatic carboxylic acids is 1. The summed E-state index contributed by atoms with van der Waals surface area (Å²) in [7, 11) is 3.10. The number of methoxy groups -OCH3 is 2. The van der Waals surface area contributed by atoms with Crippen LogP contribution in [-0.2, 0) is 16.0 Å². The monoisotopic (exact) mass is 267 g/mol. The van der Waals surface area contributed by atoms with Crippen molar-refractivity contribution in [1.82, 2.24) is 5.32 Å². The van der Waals surface area contributed by atoms with Crippen LogP contribution < -0.4 is 14.8 Å². The first-order valence-corrected chi connectivity index (χ1v) is 5.72. The molecule has 1 aromatic rings. The predicted octanol–water partition coefficient (Wildman–Crippen LogP) is 0.756. The molecular weight excluding hydrogens is 250 g/mol. The minimum absolute atomic E-state index is 0.251. The number of carbonyl (C=O) groups is 2. The van der Waals surface area contributed by atoms with Crippen LogP contribution in [0.3, 0.4) is 0 Å². The standard InChI is InChI=1S/C13H17NO5/c1-8-6-10(18-2)11(19-3)7-9(8)4-5-14-12(15)13(16)17/h6-7H,4-5H2,1-3H3,(H,14,15)(H,16,17). The molecule has 0 fully saturated rings. The number of hydrogen-bond donors (Lipinski definition) is 2. The van der Waals surface area contributed by atoms with Crippen molar-refractivity contribution in [2.24, 2.45) is 0 Å². The number of rotatable bonds is 5. The molecule has 0 atom stereocenters. The van der Waals surface area contributed by atoms with Crippen LogP contribution >= 0.6 is 0 Å². The zero-order chi connectivity index (χ0) is 14.4. The number of amides is 1. The SMILES string of the molecule is COc1cc(C)c(CCNC(=O)C(=O)O)cc1OC. The minimum Gasteiger partial charge on any atom is -0.493 e. The lowest BCUT2D eigenvalue weighted by Crippen LogP contribution is -2.32. The van der Waals surface area contributed by atoms with Crippen LogP contribution in [0.1, 0.15) is 11.1 Å². The number of aryl methyl sites for hydroxylation is 1. The molecule has 0 aromatic heterocycles. The second-order valence-corrected chi connectivity index (χ2v) is 3.94. The van der Waals surface area contributed by atoms with Gasteiger partial charge in [0, 0.05) is 6.54 Å². The van der Waals surface area contributed by atoms with Gasteiger partial charge >= 0.3 is 11.9 Å². The Hall–Kier alpha value is -2.24. The average Bonchev–Trinajstić information content (AvgIpc) is 2.39. The predicted molar refractivity (Wildman–Crippen MR) is 68.6 cm³/mol. The van der Waals surface area contributed by atoms with Gasteiger partial charge in [0.1, 0.15) is 0 Å². The van der Waals surface area contributed by atoms with E-state index in [1.165, 1.54) is 0 Å². The molecule has 0 heterocycles. The van der Waals surface area contributed by atoms with E-state index in [1.807, 2.05) is 19.1 Å². The highest BCUT2D eigenvalue weighted by molar-refractivity contribution is 6.31. The maximum absolute atomic E-state index is 10.9. The molecule has 0 aliphatic heterocycles. The zero-order valence-electron chi connectivity index (χ0n) is 11.1. The van der Waals surface area contributed by atoms with Gasteiger partial charge in [-0.1, -0.05) is 0 Å². The molecule has 1 rings (SSSR count). The van der Waals surface area contributed by atoms with Gasteiger partial charge in [-0.2, -0.15) is 0 Å². The van der Waals surface area contributed by atoms with E-state index in [4.69, 9.17) is 14.6 Å². The summed E-state index contributed by atoms with van der Waals surface area (Å²) < 4.78 is 10.4. The van der Waals surface area contributed by atoms with Crippen LogP contribution in [0, 0.1) is 6.92 Å². The van der Waals surface area contributed by atoms with Crippen LogP contribution in [0.2, 0.25) is 0 Å². The summed E-state index contributed by atoms with van der Waals surface area (Å²) in [6.07, 6.45) is 0.519. The lowest BCUT2D eigenvalue weighted by Gasteiger charge is -2.12. The van der Waals surface area contributed by atoms with Crippen LogP contribution in [0.4, 0.5) is 0 Å². The molecule has 0 radical (unpaired) electrons. The molecular formula is C13H17NO5. The number of benzene rings is 1. The van der Waals surface area contributed by atoms with Crippen molar-refractivity contribution in [1.29, 1.82) is 0 Å². The van der Waals surface area contributed by atoms with E-state index in [-0.39, 0.29) is 6.54 Å². The molecule has 19 heavy (non-hydrogen) atoms. The Balaban J connectivity index is 2.73. The van der Waals surface area contributed by atoms with Gasteiger partial charge in [0.15, 0.2) is 11.5 Å². The molecule has 6 heteroatoms. The van der Waals surface area contributed by atoms with Gasteiger partial charge in [-0.15, -0.1) is 0 Å². The Morgan fingerprint density at radius 3 is 2.32 bits per heavy atom. The quantitative estimate of drug-likeness (QED) is 0.769. The first-order valence-electron chi connectivity index (χ1n) is 5.72. The molecule has 0 bridgehead atoms. The summed E-state index contributed by atoms with van der Waals surface area (Å²) >= 11 is 0. The highest BCUT2D eigenvalue weighted by Gasteiger charge is 2.11. The average molecular weight is 267 g/mol. The molecule has 2 N–H and O–H groups in total. The Kier molecular flexibility index (Phi) is 5.17. The maximum Gasteiger partial charge on any atom is 0.394 e. The molecule has 104 valence electrons. The van der Waals surface area contributed by atoms with E-state index >= 15 is 0 Å². The summed E-state index contributed by atoms with van der Waals surface area (Å²) in [5, 5.41) is 10.7. The van der Waals surface area contributed by atoms with Crippen LogP contribution in [-0.4, -0.2) is 37.7 Å². The fourth-order valence-corrected chi connectivity index (χ4v) is 1.68. The summed E-state index contributed by atoms with van der Waals surface area (Å²) in [6.45, 7) is 2.16. The lowest BCUT2D eigenvalue weighted by molar-refractivity contribution is -0.150. The van der Waals surface area contributed by atoms with Crippen LogP contribution in [0.25, 0.3) is 0 Å². The fourth-order valence-electron chi connectivity index (χ4n) is 1.68.